The molecule has 2 heterocycles. The summed E-state index contributed by atoms with van der Waals surface area (Å²) in [5, 5.41) is 3.31. The third-order valence-electron chi connectivity index (χ3n) is 6.33. The van der Waals surface area contributed by atoms with Crippen molar-refractivity contribution in [1.29, 1.82) is 0 Å². The average Bonchev–Trinajstić information content (AvgIpc) is 2.89. The summed E-state index contributed by atoms with van der Waals surface area (Å²) in [7, 11) is 3.31. The zero-order chi connectivity index (χ0) is 20.8. The number of nitrogens with zero attached hydrogens (tertiary/aromatic N) is 1. The molecule has 5 nitrogen and oxygen atoms in total. The van der Waals surface area contributed by atoms with Crippen molar-refractivity contribution in [2.75, 3.05) is 25.7 Å². The van der Waals surface area contributed by atoms with E-state index < -0.39 is 5.66 Å². The molecule has 2 aromatic carbocycles. The number of fused-ring (bicyclic) bond motifs is 3. The second-order valence-corrected chi connectivity index (χ2v) is 8.30. The van der Waals surface area contributed by atoms with E-state index in [2.05, 4.69) is 55.3 Å². The van der Waals surface area contributed by atoms with E-state index in [-0.39, 0.29) is 11.3 Å². The van der Waals surface area contributed by atoms with E-state index in [1.165, 1.54) is 16.8 Å². The summed E-state index contributed by atoms with van der Waals surface area (Å²) in [5.74, 6) is 1.59. The lowest BCUT2D eigenvalue weighted by Crippen LogP contribution is -2.68. The number of methoxy groups -OCH3 is 2. The van der Waals surface area contributed by atoms with E-state index in [0.29, 0.717) is 13.0 Å². The quantitative estimate of drug-likeness (QED) is 0.853. The van der Waals surface area contributed by atoms with Gasteiger partial charge in [-0.1, -0.05) is 37.6 Å². The van der Waals surface area contributed by atoms with Crippen molar-refractivity contribution in [2.45, 2.75) is 38.3 Å². The van der Waals surface area contributed by atoms with Crippen LogP contribution in [-0.4, -0.2) is 32.3 Å². The number of aryl methyl sites for hydroxylation is 1. The van der Waals surface area contributed by atoms with Gasteiger partial charge >= 0.3 is 0 Å². The van der Waals surface area contributed by atoms with Crippen molar-refractivity contribution in [1.82, 2.24) is 5.32 Å². The molecule has 0 aromatic heterocycles. The van der Waals surface area contributed by atoms with Crippen LogP contribution in [-0.2, 0) is 10.2 Å². The van der Waals surface area contributed by atoms with E-state index in [4.69, 9.17) is 9.47 Å². The first-order valence-electron chi connectivity index (χ1n) is 9.93. The Morgan fingerprint density at radius 1 is 1.10 bits per heavy atom. The van der Waals surface area contributed by atoms with Gasteiger partial charge in [0, 0.05) is 29.6 Å². The number of anilines is 1. The molecule has 0 bridgehead atoms. The fourth-order valence-electron chi connectivity index (χ4n) is 4.65. The zero-order valence-electron chi connectivity index (χ0n) is 17.7. The number of amides is 1. The van der Waals surface area contributed by atoms with Crippen LogP contribution in [0, 0.1) is 6.92 Å². The highest BCUT2D eigenvalue weighted by Crippen LogP contribution is 2.52. The molecule has 2 aromatic rings. The number of ether oxygens (including phenoxy) is 2. The molecule has 152 valence electrons. The number of hydrogen-bond donors (Lipinski definition) is 1. The van der Waals surface area contributed by atoms with Gasteiger partial charge in [-0.05, 0) is 42.8 Å². The fraction of sp³-hybridized carbons (Fsp3) is 0.375. The minimum atomic E-state index is -0.646. The monoisotopic (exact) mass is 392 g/mol. The van der Waals surface area contributed by atoms with Crippen molar-refractivity contribution in [3.05, 3.63) is 59.2 Å². The van der Waals surface area contributed by atoms with Crippen molar-refractivity contribution >= 4 is 17.7 Å². The molecule has 2 aliphatic rings. The van der Waals surface area contributed by atoms with Gasteiger partial charge in [0.1, 0.15) is 17.2 Å². The molecule has 0 spiro atoms. The van der Waals surface area contributed by atoms with E-state index in [0.717, 1.165) is 17.1 Å². The number of nitrogens with one attached hydrogen (secondary N) is 1. The van der Waals surface area contributed by atoms with Crippen LogP contribution >= 0.6 is 0 Å². The lowest BCUT2D eigenvalue weighted by atomic mass is 9.74. The maximum atomic E-state index is 12.5. The Morgan fingerprint density at radius 2 is 1.90 bits per heavy atom. The Bertz CT molecular complexity index is 996. The van der Waals surface area contributed by atoms with Gasteiger partial charge in [0.25, 0.3) is 0 Å². The number of carbonyl (C=O) groups is 1. The van der Waals surface area contributed by atoms with Gasteiger partial charge in [-0.3, -0.25) is 4.79 Å². The largest absolute Gasteiger partial charge is 0.497 e. The van der Waals surface area contributed by atoms with E-state index >= 15 is 0 Å². The molecule has 1 fully saturated rings. The standard InChI is InChI=1S/C24H28N2O3/c1-16-6-8-20-19(14-16)23(2,3)24(25-22(27)11-13-26(20)24)12-10-17-15-18(28-4)7-9-21(17)29-5/h6-10,12,14-15H,11,13H2,1-5H3,(H,25,27)/b12-10+/t24-/m1/s1. The maximum absolute atomic E-state index is 12.5. The Balaban J connectivity index is 1.86. The summed E-state index contributed by atoms with van der Waals surface area (Å²) in [4.78, 5) is 14.9. The molecule has 1 N–H and O–H groups in total. The van der Waals surface area contributed by atoms with Crippen LogP contribution in [0.5, 0.6) is 11.5 Å². The van der Waals surface area contributed by atoms with Gasteiger partial charge in [-0.15, -0.1) is 0 Å². The van der Waals surface area contributed by atoms with Crippen LogP contribution in [0.1, 0.15) is 37.0 Å². The van der Waals surface area contributed by atoms with Crippen LogP contribution in [0.2, 0.25) is 0 Å². The Kier molecular flexibility index (Phi) is 4.56. The van der Waals surface area contributed by atoms with Crippen LogP contribution < -0.4 is 19.7 Å². The third-order valence-corrected chi connectivity index (χ3v) is 6.33. The summed E-state index contributed by atoms with van der Waals surface area (Å²) in [6.07, 6.45) is 4.62. The SMILES string of the molecule is COc1ccc(OC)c(/C=C/[C@@]23NC(=O)CCN2c2ccc(C)cc2C3(C)C)c1. The van der Waals surface area contributed by atoms with E-state index in [1.807, 2.05) is 24.3 Å². The number of benzene rings is 2. The summed E-state index contributed by atoms with van der Waals surface area (Å²) in [6, 6.07) is 12.3. The minimum absolute atomic E-state index is 0.0705. The average molecular weight is 392 g/mol. The highest BCUT2D eigenvalue weighted by atomic mass is 16.5. The van der Waals surface area contributed by atoms with Gasteiger partial charge in [-0.2, -0.15) is 0 Å². The predicted molar refractivity (Wildman–Crippen MR) is 116 cm³/mol. The minimum Gasteiger partial charge on any atom is -0.497 e. The second-order valence-electron chi connectivity index (χ2n) is 8.30. The smallest absolute Gasteiger partial charge is 0.223 e. The van der Waals surface area contributed by atoms with Crippen molar-refractivity contribution in [3.8, 4) is 11.5 Å². The van der Waals surface area contributed by atoms with Crippen molar-refractivity contribution in [2.24, 2.45) is 0 Å². The Labute approximate surface area is 172 Å². The van der Waals surface area contributed by atoms with Gasteiger partial charge < -0.3 is 19.7 Å². The Hall–Kier alpha value is -2.95. The van der Waals surface area contributed by atoms with E-state index in [9.17, 15) is 4.79 Å². The van der Waals surface area contributed by atoms with Gasteiger partial charge in [-0.25, -0.2) is 0 Å². The Morgan fingerprint density at radius 3 is 2.62 bits per heavy atom. The fourth-order valence-corrected chi connectivity index (χ4v) is 4.65. The molecule has 1 amide bonds. The first-order valence-corrected chi connectivity index (χ1v) is 9.93. The molecule has 2 aliphatic heterocycles. The molecule has 0 aliphatic carbocycles. The van der Waals surface area contributed by atoms with Gasteiger partial charge in [0.05, 0.1) is 14.2 Å². The second kappa shape index (κ2) is 6.83. The maximum Gasteiger partial charge on any atom is 0.223 e. The summed E-state index contributed by atoms with van der Waals surface area (Å²) < 4.78 is 10.9. The lowest BCUT2D eigenvalue weighted by Gasteiger charge is -2.49. The molecule has 1 saturated heterocycles. The molecule has 1 atom stereocenters. The van der Waals surface area contributed by atoms with Gasteiger partial charge in [0.15, 0.2) is 0 Å². The normalized spacial score (nSPS) is 22.2. The molecular formula is C24H28N2O3. The molecule has 5 heteroatoms. The highest BCUT2D eigenvalue weighted by molar-refractivity contribution is 5.85. The molecule has 0 saturated carbocycles. The molecular weight excluding hydrogens is 364 g/mol. The van der Waals surface area contributed by atoms with Crippen molar-refractivity contribution < 1.29 is 14.3 Å². The number of carbonyl (C=O) groups excluding carboxylic acids is 1. The number of hydrogen-bond acceptors (Lipinski definition) is 4. The highest BCUT2D eigenvalue weighted by Gasteiger charge is 2.57. The van der Waals surface area contributed by atoms with Crippen LogP contribution in [0.15, 0.2) is 42.5 Å². The number of rotatable bonds is 4. The summed E-state index contributed by atoms with van der Waals surface area (Å²) >= 11 is 0. The van der Waals surface area contributed by atoms with Gasteiger partial charge in [0.2, 0.25) is 5.91 Å². The van der Waals surface area contributed by atoms with Crippen LogP contribution in [0.4, 0.5) is 5.69 Å². The molecule has 4 rings (SSSR count). The molecule has 29 heavy (non-hydrogen) atoms. The van der Waals surface area contributed by atoms with E-state index in [1.54, 1.807) is 14.2 Å². The first kappa shape index (κ1) is 19.4. The molecule has 0 radical (unpaired) electrons. The predicted octanol–water partition coefficient (Wildman–Crippen LogP) is 4.04. The van der Waals surface area contributed by atoms with Crippen LogP contribution in [0.3, 0.4) is 0 Å². The van der Waals surface area contributed by atoms with Crippen molar-refractivity contribution in [3.63, 3.8) is 0 Å². The summed E-state index contributed by atoms with van der Waals surface area (Å²) in [5.41, 5.74) is 3.60. The first-order chi connectivity index (χ1) is 13.8. The zero-order valence-corrected chi connectivity index (χ0v) is 17.7. The molecule has 0 unspecified atom stereocenters. The summed E-state index contributed by atoms with van der Waals surface area (Å²) in [6.45, 7) is 7.19. The third kappa shape index (κ3) is 2.87. The topological polar surface area (TPSA) is 50.8 Å². The lowest BCUT2D eigenvalue weighted by molar-refractivity contribution is -0.124. The van der Waals surface area contributed by atoms with Crippen LogP contribution in [0.25, 0.3) is 6.08 Å².